The minimum Gasteiger partial charge on any atom is -0.399 e. The van der Waals surface area contributed by atoms with Gasteiger partial charge >= 0.3 is 0 Å². The molecular weight excluding hydrogens is 298 g/mol. The van der Waals surface area contributed by atoms with Crippen LogP contribution >= 0.6 is 0 Å². The monoisotopic (exact) mass is 317 g/mol. The van der Waals surface area contributed by atoms with Crippen LogP contribution in [0.25, 0.3) is 0 Å². The zero-order valence-electron chi connectivity index (χ0n) is 13.6. The van der Waals surface area contributed by atoms with Gasteiger partial charge in [0.1, 0.15) is 0 Å². The largest absolute Gasteiger partial charge is 0.399 e. The van der Waals surface area contributed by atoms with Crippen LogP contribution in [0.5, 0.6) is 0 Å². The van der Waals surface area contributed by atoms with Crippen LogP contribution in [0.4, 0.5) is 11.4 Å². The van der Waals surface area contributed by atoms with Gasteiger partial charge in [0.2, 0.25) is 0 Å². The number of nitrogens with two attached hydrogens (primary N) is 1. The van der Waals surface area contributed by atoms with Gasteiger partial charge in [0.25, 0.3) is 5.91 Å². The zero-order valence-corrected chi connectivity index (χ0v) is 13.6. The van der Waals surface area contributed by atoms with E-state index >= 15 is 0 Å². The van der Waals surface area contributed by atoms with Crippen molar-refractivity contribution in [3.63, 3.8) is 0 Å². The number of amides is 1. The van der Waals surface area contributed by atoms with Gasteiger partial charge in [-0.2, -0.15) is 0 Å². The van der Waals surface area contributed by atoms with Gasteiger partial charge in [-0.25, -0.2) is 0 Å². The van der Waals surface area contributed by atoms with Gasteiger partial charge in [0.15, 0.2) is 0 Å². The average molecular weight is 317 g/mol. The number of para-hydroxylation sites is 1. The lowest BCUT2D eigenvalue weighted by atomic mass is 10.1. The van der Waals surface area contributed by atoms with E-state index in [1.165, 1.54) is 0 Å². The molecule has 0 saturated carbocycles. The lowest BCUT2D eigenvalue weighted by Crippen LogP contribution is -2.30. The van der Waals surface area contributed by atoms with Crippen LogP contribution in [-0.2, 0) is 13.1 Å². The molecule has 0 fully saturated rings. The molecule has 24 heavy (non-hydrogen) atoms. The highest BCUT2D eigenvalue weighted by atomic mass is 16.2. The number of nitrogens with zero attached hydrogens (tertiary/aromatic N) is 2. The van der Waals surface area contributed by atoms with E-state index in [9.17, 15) is 4.79 Å². The fourth-order valence-electron chi connectivity index (χ4n) is 3.23. The summed E-state index contributed by atoms with van der Waals surface area (Å²) in [6, 6.07) is 17.7. The minimum atomic E-state index is 0.000185. The molecule has 4 nitrogen and oxygen atoms in total. The number of nitrogen functional groups attached to an aromatic ring is 1. The maximum absolute atomic E-state index is 13.2. The lowest BCUT2D eigenvalue weighted by Gasteiger charge is -2.23. The van der Waals surface area contributed by atoms with E-state index in [0.717, 1.165) is 29.1 Å². The van der Waals surface area contributed by atoms with E-state index in [-0.39, 0.29) is 5.91 Å². The maximum atomic E-state index is 13.2. The molecule has 0 saturated heterocycles. The number of carbonyl (C=O) groups is 1. The number of anilines is 2. The Morgan fingerprint density at radius 3 is 2.71 bits per heavy atom. The van der Waals surface area contributed by atoms with Crippen molar-refractivity contribution in [2.75, 3.05) is 10.6 Å². The Balaban J connectivity index is 1.81. The molecule has 0 spiro atoms. The van der Waals surface area contributed by atoms with Crippen LogP contribution in [0.1, 0.15) is 27.2 Å². The first-order valence-electron chi connectivity index (χ1n) is 8.03. The van der Waals surface area contributed by atoms with Crippen LogP contribution in [0.3, 0.4) is 0 Å². The summed E-state index contributed by atoms with van der Waals surface area (Å²) in [5, 5.41) is 0. The molecule has 120 valence electrons. The number of carbonyl (C=O) groups excluding carboxylic acids is 1. The smallest absolute Gasteiger partial charge is 0.258 e. The Morgan fingerprint density at radius 1 is 1.04 bits per heavy atom. The van der Waals surface area contributed by atoms with Crippen molar-refractivity contribution in [2.24, 2.45) is 0 Å². The van der Waals surface area contributed by atoms with Crippen molar-refractivity contribution in [3.8, 4) is 0 Å². The van der Waals surface area contributed by atoms with E-state index in [4.69, 9.17) is 5.73 Å². The molecule has 0 bridgehead atoms. The van der Waals surface area contributed by atoms with Crippen molar-refractivity contribution in [1.29, 1.82) is 0 Å². The molecule has 2 N–H and O–H groups in total. The van der Waals surface area contributed by atoms with Crippen molar-refractivity contribution in [3.05, 3.63) is 83.2 Å². The van der Waals surface area contributed by atoms with E-state index in [2.05, 4.69) is 22.9 Å². The highest BCUT2D eigenvalue weighted by Gasteiger charge is 2.24. The Hall–Kier alpha value is -3.01. The summed E-state index contributed by atoms with van der Waals surface area (Å²) in [4.78, 5) is 15.0. The van der Waals surface area contributed by atoms with E-state index in [0.29, 0.717) is 17.8 Å². The SMILES string of the molecule is Cc1cc(C(=O)N2Cc3cccn3Cc3ccccc32)ccc1N. The Labute approximate surface area is 141 Å². The molecule has 1 aliphatic rings. The summed E-state index contributed by atoms with van der Waals surface area (Å²) in [6.45, 7) is 3.27. The second-order valence-electron chi connectivity index (χ2n) is 6.22. The number of benzene rings is 2. The standard InChI is InChI=1S/C20H19N3O/c1-14-11-15(8-9-18(14)21)20(24)23-13-17-6-4-10-22(17)12-16-5-2-3-7-19(16)23/h2-11H,12-13,21H2,1H3. The van der Waals surface area contributed by atoms with Crippen LogP contribution in [-0.4, -0.2) is 10.5 Å². The van der Waals surface area contributed by atoms with E-state index in [1.807, 2.05) is 42.2 Å². The normalized spacial score (nSPS) is 13.1. The predicted molar refractivity (Wildman–Crippen MR) is 96.1 cm³/mol. The zero-order chi connectivity index (χ0) is 16.7. The second kappa shape index (κ2) is 5.57. The van der Waals surface area contributed by atoms with Crippen LogP contribution in [0.2, 0.25) is 0 Å². The average Bonchev–Trinajstić information content (AvgIpc) is 2.96. The van der Waals surface area contributed by atoms with Gasteiger partial charge in [0.05, 0.1) is 6.54 Å². The van der Waals surface area contributed by atoms with Gasteiger partial charge in [-0.1, -0.05) is 18.2 Å². The molecule has 3 aromatic rings. The molecule has 4 rings (SSSR count). The number of hydrogen-bond donors (Lipinski definition) is 1. The van der Waals surface area contributed by atoms with Crippen molar-refractivity contribution in [2.45, 2.75) is 20.0 Å². The first kappa shape index (κ1) is 14.6. The number of fused-ring (bicyclic) bond motifs is 2. The fourth-order valence-corrected chi connectivity index (χ4v) is 3.23. The quantitative estimate of drug-likeness (QED) is 0.697. The molecule has 2 heterocycles. The highest BCUT2D eigenvalue weighted by molar-refractivity contribution is 6.06. The van der Waals surface area contributed by atoms with Crippen molar-refractivity contribution >= 4 is 17.3 Å². The third kappa shape index (κ3) is 2.36. The van der Waals surface area contributed by atoms with Gasteiger partial charge in [-0.3, -0.25) is 4.79 Å². The number of aryl methyl sites for hydroxylation is 1. The molecule has 2 aromatic carbocycles. The molecule has 0 atom stereocenters. The number of aromatic nitrogens is 1. The van der Waals surface area contributed by atoms with Gasteiger partial charge in [-0.05, 0) is 54.4 Å². The Kier molecular flexibility index (Phi) is 3.38. The van der Waals surface area contributed by atoms with Gasteiger partial charge in [-0.15, -0.1) is 0 Å². The van der Waals surface area contributed by atoms with E-state index in [1.54, 1.807) is 12.1 Å². The lowest BCUT2D eigenvalue weighted by molar-refractivity contribution is 0.0985. The first-order valence-corrected chi connectivity index (χ1v) is 8.03. The minimum absolute atomic E-state index is 0.000185. The van der Waals surface area contributed by atoms with Crippen LogP contribution in [0, 0.1) is 6.92 Å². The highest BCUT2D eigenvalue weighted by Crippen LogP contribution is 2.29. The van der Waals surface area contributed by atoms with Crippen molar-refractivity contribution < 1.29 is 4.79 Å². The van der Waals surface area contributed by atoms with Crippen molar-refractivity contribution in [1.82, 2.24) is 4.57 Å². The summed E-state index contributed by atoms with van der Waals surface area (Å²) in [5.74, 6) is 0.000185. The van der Waals surface area contributed by atoms with Gasteiger partial charge < -0.3 is 15.2 Å². The molecule has 0 radical (unpaired) electrons. The Morgan fingerprint density at radius 2 is 1.88 bits per heavy atom. The summed E-state index contributed by atoms with van der Waals surface area (Å²) in [6.07, 6.45) is 2.06. The second-order valence-corrected chi connectivity index (χ2v) is 6.22. The number of rotatable bonds is 1. The summed E-state index contributed by atoms with van der Waals surface area (Å²) >= 11 is 0. The Bertz CT molecular complexity index is 926. The molecule has 1 amide bonds. The first-order chi connectivity index (χ1) is 11.6. The maximum Gasteiger partial charge on any atom is 0.258 e. The van der Waals surface area contributed by atoms with Crippen LogP contribution in [0.15, 0.2) is 60.8 Å². The molecule has 0 aliphatic carbocycles. The summed E-state index contributed by atoms with van der Waals surface area (Å²) < 4.78 is 2.19. The summed E-state index contributed by atoms with van der Waals surface area (Å²) in [7, 11) is 0. The predicted octanol–water partition coefficient (Wildman–Crippen LogP) is 3.59. The fraction of sp³-hybridized carbons (Fsp3) is 0.150. The number of hydrogen-bond acceptors (Lipinski definition) is 2. The third-order valence-corrected chi connectivity index (χ3v) is 4.63. The van der Waals surface area contributed by atoms with Crippen LogP contribution < -0.4 is 10.6 Å². The molecule has 1 aromatic heterocycles. The molecule has 1 aliphatic heterocycles. The topological polar surface area (TPSA) is 51.3 Å². The van der Waals surface area contributed by atoms with Gasteiger partial charge in [0, 0.05) is 35.4 Å². The van der Waals surface area contributed by atoms with E-state index < -0.39 is 0 Å². The molecular formula is C20H19N3O. The third-order valence-electron chi connectivity index (χ3n) is 4.63. The summed E-state index contributed by atoms with van der Waals surface area (Å²) in [5.41, 5.74) is 11.4. The molecule has 4 heteroatoms. The molecule has 0 unspecified atom stereocenters.